The lowest BCUT2D eigenvalue weighted by molar-refractivity contribution is 0.183. The number of nitriles is 1. The average Bonchev–Trinajstić information content (AvgIpc) is 3.39. The van der Waals surface area contributed by atoms with Crippen LogP contribution in [0.1, 0.15) is 24.8 Å². The van der Waals surface area contributed by atoms with Gasteiger partial charge in [-0.1, -0.05) is 12.5 Å². The molecule has 5 nitrogen and oxygen atoms in total. The summed E-state index contributed by atoms with van der Waals surface area (Å²) in [6.45, 7) is 3.99. The van der Waals surface area contributed by atoms with Crippen LogP contribution in [0.25, 0.3) is 21.9 Å². The van der Waals surface area contributed by atoms with E-state index in [1.807, 2.05) is 65.4 Å². The Labute approximate surface area is 210 Å². The second-order valence-corrected chi connectivity index (χ2v) is 9.41. The minimum atomic E-state index is 0.644. The zero-order valence-corrected chi connectivity index (χ0v) is 20.6. The maximum atomic E-state index is 9.60. The zero-order valence-electron chi connectivity index (χ0n) is 19.8. The van der Waals surface area contributed by atoms with E-state index in [1.54, 1.807) is 7.11 Å². The number of ether oxygens (including phenoxy) is 3. The van der Waals surface area contributed by atoms with Gasteiger partial charge in [0.25, 0.3) is 0 Å². The molecular formula is C29H28N2O3S. The molecule has 178 valence electrons. The summed E-state index contributed by atoms with van der Waals surface area (Å²) in [7, 11) is 1.66. The smallest absolute Gasteiger partial charge is 0.143 e. The molecule has 0 saturated carbocycles. The monoisotopic (exact) mass is 484 g/mol. The second-order valence-electron chi connectivity index (χ2n) is 8.66. The van der Waals surface area contributed by atoms with Crippen LogP contribution in [0.4, 0.5) is 0 Å². The molecule has 4 aromatic rings. The van der Waals surface area contributed by atoms with Gasteiger partial charge in [0.1, 0.15) is 35.7 Å². The van der Waals surface area contributed by atoms with E-state index in [9.17, 15) is 5.26 Å². The number of methoxy groups -OCH3 is 1. The number of fused-ring (bicyclic) bond motifs is 1. The normalized spacial score (nSPS) is 13.9. The first kappa shape index (κ1) is 23.2. The highest BCUT2D eigenvalue weighted by atomic mass is 32.1. The molecule has 0 bridgehead atoms. The Hall–Kier alpha value is -3.53. The van der Waals surface area contributed by atoms with Gasteiger partial charge in [-0.3, -0.25) is 4.90 Å². The third-order valence-corrected chi connectivity index (χ3v) is 7.16. The molecule has 0 aliphatic carbocycles. The Bertz CT molecular complexity index is 1330. The molecule has 35 heavy (non-hydrogen) atoms. The standard InChI is InChI=1S/C29H28N2O3S/c1-32-25-10-12-26-21(17-25)5-11-27(28-20-35-19-22(28)18-30)29(26)34-24-8-6-23(7-9-24)33-16-15-31-13-3-2-4-14-31/h5-12,17,19-20H,2-4,13-16H2,1H3. The van der Waals surface area contributed by atoms with Crippen molar-refractivity contribution in [3.8, 4) is 40.2 Å². The Kier molecular flexibility index (Phi) is 7.17. The molecule has 0 unspecified atom stereocenters. The van der Waals surface area contributed by atoms with Gasteiger partial charge in [-0.05, 0) is 79.8 Å². The number of thiophene rings is 1. The van der Waals surface area contributed by atoms with Crippen LogP contribution in [0.3, 0.4) is 0 Å². The fraction of sp³-hybridized carbons (Fsp3) is 0.276. The average molecular weight is 485 g/mol. The largest absolute Gasteiger partial charge is 0.497 e. The number of benzene rings is 3. The second kappa shape index (κ2) is 10.8. The van der Waals surface area contributed by atoms with Crippen molar-refractivity contribution in [1.29, 1.82) is 5.26 Å². The fourth-order valence-corrected chi connectivity index (χ4v) is 5.29. The van der Waals surface area contributed by atoms with Gasteiger partial charge in [0.05, 0.1) is 12.7 Å². The molecule has 0 radical (unpaired) electrons. The summed E-state index contributed by atoms with van der Waals surface area (Å²) in [5.74, 6) is 3.06. The van der Waals surface area contributed by atoms with Gasteiger partial charge < -0.3 is 14.2 Å². The molecule has 2 heterocycles. The molecule has 1 fully saturated rings. The van der Waals surface area contributed by atoms with Crippen LogP contribution in [-0.2, 0) is 0 Å². The van der Waals surface area contributed by atoms with Crippen LogP contribution >= 0.6 is 11.3 Å². The van der Waals surface area contributed by atoms with Gasteiger partial charge in [0, 0.05) is 33.8 Å². The fourth-order valence-electron chi connectivity index (χ4n) is 4.52. The van der Waals surface area contributed by atoms with Gasteiger partial charge in [-0.2, -0.15) is 16.6 Å². The van der Waals surface area contributed by atoms with Gasteiger partial charge in [-0.25, -0.2) is 0 Å². The van der Waals surface area contributed by atoms with E-state index in [0.29, 0.717) is 17.9 Å². The summed E-state index contributed by atoms with van der Waals surface area (Å²) in [4.78, 5) is 2.47. The molecular weight excluding hydrogens is 456 g/mol. The summed E-state index contributed by atoms with van der Waals surface area (Å²) in [6.07, 6.45) is 3.92. The summed E-state index contributed by atoms with van der Waals surface area (Å²) >= 11 is 1.51. The Morgan fingerprint density at radius 1 is 0.886 bits per heavy atom. The Morgan fingerprint density at radius 3 is 2.43 bits per heavy atom. The third-order valence-electron chi connectivity index (χ3n) is 6.42. The molecule has 0 amide bonds. The van der Waals surface area contributed by atoms with Crippen molar-refractivity contribution in [2.45, 2.75) is 19.3 Å². The van der Waals surface area contributed by atoms with Gasteiger partial charge >= 0.3 is 0 Å². The lowest BCUT2D eigenvalue weighted by Crippen LogP contribution is -2.33. The molecule has 1 aromatic heterocycles. The van der Waals surface area contributed by atoms with E-state index in [4.69, 9.17) is 14.2 Å². The molecule has 3 aromatic carbocycles. The van der Waals surface area contributed by atoms with E-state index in [-0.39, 0.29) is 0 Å². The zero-order chi connectivity index (χ0) is 24.0. The maximum Gasteiger partial charge on any atom is 0.143 e. The highest BCUT2D eigenvalue weighted by Gasteiger charge is 2.17. The summed E-state index contributed by atoms with van der Waals surface area (Å²) in [5.41, 5.74) is 2.41. The highest BCUT2D eigenvalue weighted by molar-refractivity contribution is 7.08. The lowest BCUT2D eigenvalue weighted by atomic mass is 9.99. The summed E-state index contributed by atoms with van der Waals surface area (Å²) in [6, 6.07) is 20.0. The first-order valence-electron chi connectivity index (χ1n) is 12.0. The van der Waals surface area contributed by atoms with Crippen LogP contribution in [0.2, 0.25) is 0 Å². The van der Waals surface area contributed by atoms with E-state index in [2.05, 4.69) is 11.0 Å². The van der Waals surface area contributed by atoms with E-state index >= 15 is 0 Å². The number of piperidine rings is 1. The number of hydrogen-bond acceptors (Lipinski definition) is 6. The molecule has 0 atom stereocenters. The van der Waals surface area contributed by atoms with Crippen LogP contribution in [0.15, 0.2) is 65.4 Å². The maximum absolute atomic E-state index is 9.60. The van der Waals surface area contributed by atoms with Crippen molar-refractivity contribution in [2.24, 2.45) is 0 Å². The van der Waals surface area contributed by atoms with Crippen LogP contribution in [0, 0.1) is 11.3 Å². The molecule has 1 aliphatic heterocycles. The van der Waals surface area contributed by atoms with Crippen LogP contribution in [-0.4, -0.2) is 38.3 Å². The number of rotatable bonds is 8. The van der Waals surface area contributed by atoms with Crippen molar-refractivity contribution in [1.82, 2.24) is 4.90 Å². The van der Waals surface area contributed by atoms with E-state index < -0.39 is 0 Å². The number of nitrogens with zero attached hydrogens (tertiary/aromatic N) is 2. The lowest BCUT2D eigenvalue weighted by Gasteiger charge is -2.26. The van der Waals surface area contributed by atoms with Gasteiger partial charge in [0.2, 0.25) is 0 Å². The number of hydrogen-bond donors (Lipinski definition) is 0. The minimum Gasteiger partial charge on any atom is -0.497 e. The van der Waals surface area contributed by atoms with Gasteiger partial charge in [0.15, 0.2) is 0 Å². The molecule has 6 heteroatoms. The SMILES string of the molecule is COc1ccc2c(Oc3ccc(OCCN4CCCCC4)cc3)c(-c3cscc3C#N)ccc2c1. The first-order chi connectivity index (χ1) is 17.2. The topological polar surface area (TPSA) is 54.7 Å². The summed E-state index contributed by atoms with van der Waals surface area (Å²) < 4.78 is 17.8. The van der Waals surface area contributed by atoms with Crippen molar-refractivity contribution < 1.29 is 14.2 Å². The van der Waals surface area contributed by atoms with E-state index in [1.165, 1.54) is 43.7 Å². The Balaban J connectivity index is 1.39. The third kappa shape index (κ3) is 5.27. The van der Waals surface area contributed by atoms with Crippen molar-refractivity contribution in [3.05, 3.63) is 70.9 Å². The van der Waals surface area contributed by atoms with Crippen molar-refractivity contribution in [2.75, 3.05) is 33.4 Å². The molecule has 0 N–H and O–H groups in total. The predicted octanol–water partition coefficient (Wildman–Crippen LogP) is 7.11. The van der Waals surface area contributed by atoms with Crippen molar-refractivity contribution >= 4 is 22.1 Å². The summed E-state index contributed by atoms with van der Waals surface area (Å²) in [5, 5.41) is 15.4. The quantitative estimate of drug-likeness (QED) is 0.267. The van der Waals surface area contributed by atoms with Crippen molar-refractivity contribution in [3.63, 3.8) is 0 Å². The molecule has 1 aliphatic rings. The van der Waals surface area contributed by atoms with Crippen LogP contribution in [0.5, 0.6) is 23.0 Å². The van der Waals surface area contributed by atoms with E-state index in [0.717, 1.165) is 45.7 Å². The van der Waals surface area contributed by atoms with Crippen LogP contribution < -0.4 is 14.2 Å². The molecule has 5 rings (SSSR count). The number of likely N-dealkylation sites (tertiary alicyclic amines) is 1. The Morgan fingerprint density at radius 2 is 1.66 bits per heavy atom. The highest BCUT2D eigenvalue weighted by Crippen LogP contribution is 2.42. The minimum absolute atomic E-state index is 0.644. The first-order valence-corrected chi connectivity index (χ1v) is 12.9. The molecule has 0 spiro atoms. The van der Waals surface area contributed by atoms with Gasteiger partial charge in [-0.15, -0.1) is 0 Å². The predicted molar refractivity (Wildman–Crippen MR) is 141 cm³/mol. The molecule has 1 saturated heterocycles.